The molecule has 1 aromatic heterocycles. The van der Waals surface area contributed by atoms with Crippen molar-refractivity contribution in [1.29, 1.82) is 0 Å². The number of terminal acetylenes is 1. The van der Waals surface area contributed by atoms with E-state index in [1.165, 1.54) is 5.39 Å². The Balaban J connectivity index is 2.40. The zero-order valence-corrected chi connectivity index (χ0v) is 9.96. The van der Waals surface area contributed by atoms with Crippen LogP contribution in [0.15, 0.2) is 37.0 Å². The van der Waals surface area contributed by atoms with Crippen molar-refractivity contribution in [2.24, 2.45) is 5.73 Å². The highest BCUT2D eigenvalue weighted by molar-refractivity contribution is 5.84. The van der Waals surface area contributed by atoms with Crippen molar-refractivity contribution >= 4 is 16.5 Å². The lowest BCUT2D eigenvalue weighted by Gasteiger charge is -2.25. The third-order valence-electron chi connectivity index (χ3n) is 3.06. The van der Waals surface area contributed by atoms with Crippen LogP contribution < -0.4 is 5.73 Å². The predicted octanol–water partition coefficient (Wildman–Crippen LogP) is 2.92. The van der Waals surface area contributed by atoms with E-state index in [0.717, 1.165) is 16.7 Å². The molecule has 1 unspecified atom stereocenters. The zero-order valence-electron chi connectivity index (χ0n) is 9.96. The van der Waals surface area contributed by atoms with Gasteiger partial charge in [0, 0.05) is 23.7 Å². The molecule has 0 aliphatic carbocycles. The van der Waals surface area contributed by atoms with E-state index in [1.54, 1.807) is 0 Å². The first-order chi connectivity index (χ1) is 8.04. The van der Waals surface area contributed by atoms with Crippen molar-refractivity contribution in [2.45, 2.75) is 18.9 Å². The minimum absolute atomic E-state index is 0.481. The highest BCUT2D eigenvalue weighted by Gasteiger charge is 2.22. The molecule has 1 heterocycles. The Labute approximate surface area is 102 Å². The average molecular weight is 224 g/mol. The van der Waals surface area contributed by atoms with Gasteiger partial charge in [0.05, 0.1) is 0 Å². The minimum Gasteiger partial charge on any atom is -0.361 e. The van der Waals surface area contributed by atoms with Gasteiger partial charge in [-0.15, -0.1) is 12.3 Å². The summed E-state index contributed by atoms with van der Waals surface area (Å²) in [6, 6.07) is 8.17. The van der Waals surface area contributed by atoms with Crippen molar-refractivity contribution in [3.63, 3.8) is 0 Å². The molecule has 0 bridgehead atoms. The molecule has 3 N–H and O–H groups in total. The van der Waals surface area contributed by atoms with E-state index in [0.29, 0.717) is 6.42 Å². The van der Waals surface area contributed by atoms with E-state index in [1.807, 2.05) is 25.3 Å². The summed E-state index contributed by atoms with van der Waals surface area (Å²) in [6.45, 7) is 5.98. The molecule has 1 aromatic carbocycles. The van der Waals surface area contributed by atoms with E-state index >= 15 is 0 Å². The molecule has 0 saturated carbocycles. The normalized spacial score (nSPS) is 14.2. The molecule has 0 spiro atoms. The quantitative estimate of drug-likeness (QED) is 0.773. The molecule has 2 aromatic rings. The molecular formula is C15H16N2. The summed E-state index contributed by atoms with van der Waals surface area (Å²) in [5.74, 6) is 2.60. The number of fused-ring (bicyclic) bond motifs is 1. The highest BCUT2D eigenvalue weighted by Crippen LogP contribution is 2.27. The van der Waals surface area contributed by atoms with E-state index in [9.17, 15) is 0 Å². The molecular weight excluding hydrogens is 208 g/mol. The summed E-state index contributed by atoms with van der Waals surface area (Å²) in [4.78, 5) is 3.18. The molecule has 1 atom stereocenters. The second-order valence-corrected chi connectivity index (χ2v) is 4.56. The summed E-state index contributed by atoms with van der Waals surface area (Å²) in [5, 5.41) is 1.18. The Hall–Kier alpha value is -1.98. The van der Waals surface area contributed by atoms with Gasteiger partial charge in [-0.3, -0.25) is 0 Å². The maximum Gasteiger partial charge on any atom is 0.0491 e. The molecule has 0 aliphatic heterocycles. The lowest BCUT2D eigenvalue weighted by Crippen LogP contribution is -2.36. The first-order valence-electron chi connectivity index (χ1n) is 5.54. The topological polar surface area (TPSA) is 41.8 Å². The minimum atomic E-state index is -0.560. The predicted molar refractivity (Wildman–Crippen MR) is 73.4 cm³/mol. The van der Waals surface area contributed by atoms with E-state index in [4.69, 9.17) is 12.2 Å². The van der Waals surface area contributed by atoms with Crippen LogP contribution in [0, 0.1) is 12.3 Å². The number of H-pyrrole nitrogens is 1. The SMILES string of the molecule is C#CCC(C)(N)C(=C)c1ccc2cc[nH]c2c1. The van der Waals surface area contributed by atoms with Gasteiger partial charge in [0.25, 0.3) is 0 Å². The Bertz CT molecular complexity index is 597. The fourth-order valence-corrected chi connectivity index (χ4v) is 1.88. The monoisotopic (exact) mass is 224 g/mol. The molecule has 2 rings (SSSR count). The second-order valence-electron chi connectivity index (χ2n) is 4.56. The Kier molecular flexibility index (Phi) is 2.79. The summed E-state index contributed by atoms with van der Waals surface area (Å²) in [6.07, 6.45) is 7.72. The average Bonchev–Trinajstić information content (AvgIpc) is 2.74. The number of rotatable bonds is 3. The summed E-state index contributed by atoms with van der Waals surface area (Å²) in [5.41, 5.74) is 8.59. The standard InChI is InChI=1S/C15H16N2/c1-4-8-15(3,16)11(2)13-6-5-12-7-9-17-14(12)10-13/h1,5-7,9-10,17H,2,8,16H2,3H3. The maximum absolute atomic E-state index is 6.17. The fourth-order valence-electron chi connectivity index (χ4n) is 1.88. The van der Waals surface area contributed by atoms with E-state index < -0.39 is 5.54 Å². The fraction of sp³-hybridized carbons (Fsp3) is 0.200. The van der Waals surface area contributed by atoms with E-state index in [-0.39, 0.29) is 0 Å². The molecule has 0 saturated heterocycles. The van der Waals surface area contributed by atoms with Crippen LogP contribution in [0.3, 0.4) is 0 Å². The number of aromatic nitrogens is 1. The van der Waals surface area contributed by atoms with Gasteiger partial charge in [-0.2, -0.15) is 0 Å². The van der Waals surface area contributed by atoms with Crippen molar-refractivity contribution in [1.82, 2.24) is 4.98 Å². The van der Waals surface area contributed by atoms with Crippen molar-refractivity contribution in [3.8, 4) is 12.3 Å². The van der Waals surface area contributed by atoms with Gasteiger partial charge in [-0.05, 0) is 35.6 Å². The summed E-state index contributed by atoms with van der Waals surface area (Å²) < 4.78 is 0. The van der Waals surface area contributed by atoms with Crippen molar-refractivity contribution in [3.05, 3.63) is 42.6 Å². The van der Waals surface area contributed by atoms with Crippen LogP contribution in [-0.4, -0.2) is 10.5 Å². The van der Waals surface area contributed by atoms with Crippen LogP contribution in [0.5, 0.6) is 0 Å². The number of hydrogen-bond donors (Lipinski definition) is 2. The molecule has 0 radical (unpaired) electrons. The number of aromatic amines is 1. The molecule has 2 nitrogen and oxygen atoms in total. The number of nitrogens with two attached hydrogens (primary N) is 1. The van der Waals surface area contributed by atoms with Crippen LogP contribution in [0.4, 0.5) is 0 Å². The van der Waals surface area contributed by atoms with E-state index in [2.05, 4.69) is 29.6 Å². The van der Waals surface area contributed by atoms with Gasteiger partial charge in [0.15, 0.2) is 0 Å². The molecule has 2 heteroatoms. The van der Waals surface area contributed by atoms with Gasteiger partial charge in [-0.25, -0.2) is 0 Å². The molecule has 86 valence electrons. The first kappa shape index (κ1) is 11.5. The first-order valence-corrected chi connectivity index (χ1v) is 5.54. The van der Waals surface area contributed by atoms with Gasteiger partial charge in [0.1, 0.15) is 0 Å². The third-order valence-corrected chi connectivity index (χ3v) is 3.06. The number of nitrogens with one attached hydrogen (secondary N) is 1. The lowest BCUT2D eigenvalue weighted by atomic mass is 9.86. The smallest absolute Gasteiger partial charge is 0.0491 e. The molecule has 0 amide bonds. The highest BCUT2D eigenvalue weighted by atomic mass is 14.7. The maximum atomic E-state index is 6.17. The van der Waals surface area contributed by atoms with Gasteiger partial charge in [0.2, 0.25) is 0 Å². The Morgan fingerprint density at radius 1 is 1.53 bits per heavy atom. The molecule has 0 aliphatic rings. The Morgan fingerprint density at radius 3 is 3.00 bits per heavy atom. The van der Waals surface area contributed by atoms with Crippen LogP contribution >= 0.6 is 0 Å². The van der Waals surface area contributed by atoms with Crippen LogP contribution in [0.25, 0.3) is 16.5 Å². The van der Waals surface area contributed by atoms with Crippen molar-refractivity contribution in [2.75, 3.05) is 0 Å². The van der Waals surface area contributed by atoms with Crippen LogP contribution in [-0.2, 0) is 0 Å². The van der Waals surface area contributed by atoms with Gasteiger partial charge in [-0.1, -0.05) is 18.7 Å². The number of hydrogen-bond acceptors (Lipinski definition) is 1. The number of benzene rings is 1. The molecule has 0 fully saturated rings. The largest absolute Gasteiger partial charge is 0.361 e. The zero-order chi connectivity index (χ0) is 12.5. The molecule has 17 heavy (non-hydrogen) atoms. The van der Waals surface area contributed by atoms with Crippen LogP contribution in [0.2, 0.25) is 0 Å². The lowest BCUT2D eigenvalue weighted by molar-refractivity contribution is 0.625. The summed E-state index contributed by atoms with van der Waals surface area (Å²) in [7, 11) is 0. The summed E-state index contributed by atoms with van der Waals surface area (Å²) >= 11 is 0. The van der Waals surface area contributed by atoms with Crippen molar-refractivity contribution < 1.29 is 0 Å². The van der Waals surface area contributed by atoms with Crippen LogP contribution in [0.1, 0.15) is 18.9 Å². The Morgan fingerprint density at radius 2 is 2.29 bits per heavy atom. The third kappa shape index (κ3) is 2.11. The van der Waals surface area contributed by atoms with Gasteiger partial charge < -0.3 is 10.7 Å². The second kappa shape index (κ2) is 4.12. The van der Waals surface area contributed by atoms with Gasteiger partial charge >= 0.3 is 0 Å².